The number of hydrogen-bond donors (Lipinski definition) is 1. The average molecular weight is 259 g/mol. The zero-order valence-electron chi connectivity index (χ0n) is 10.3. The van der Waals surface area contributed by atoms with Crippen LogP contribution in [0.3, 0.4) is 0 Å². The van der Waals surface area contributed by atoms with E-state index in [1.165, 1.54) is 37.4 Å². The summed E-state index contributed by atoms with van der Waals surface area (Å²) in [6, 6.07) is 10.5. The van der Waals surface area contributed by atoms with E-state index in [0.717, 1.165) is 11.3 Å². The lowest BCUT2D eigenvalue weighted by Crippen LogP contribution is -2.45. The van der Waals surface area contributed by atoms with Gasteiger partial charge in [0.15, 0.2) is 0 Å². The minimum absolute atomic E-state index is 0.196. The van der Waals surface area contributed by atoms with Gasteiger partial charge >= 0.3 is 0 Å². The van der Waals surface area contributed by atoms with Crippen LogP contribution in [0.5, 0.6) is 0 Å². The Hall–Kier alpha value is -1.22. The van der Waals surface area contributed by atoms with Crippen LogP contribution in [0.25, 0.3) is 6.08 Å². The summed E-state index contributed by atoms with van der Waals surface area (Å²) in [6.07, 6.45) is 6.88. The van der Waals surface area contributed by atoms with Crippen LogP contribution in [0.15, 0.2) is 36.0 Å². The Morgan fingerprint density at radius 1 is 1.17 bits per heavy atom. The molecule has 2 aliphatic rings. The molecule has 1 aromatic rings. The number of carbonyl (C=O) groups excluding carboxylic acids is 1. The molecule has 1 saturated heterocycles. The number of hydrogen-bond acceptors (Lipinski definition) is 3. The third kappa shape index (κ3) is 2.46. The molecule has 2 fully saturated rings. The van der Waals surface area contributed by atoms with Crippen molar-refractivity contribution < 1.29 is 4.79 Å². The molecule has 1 heterocycles. The van der Waals surface area contributed by atoms with E-state index in [1.807, 2.05) is 36.4 Å². The Morgan fingerprint density at radius 3 is 2.78 bits per heavy atom. The Kier molecular flexibility index (Phi) is 3.41. The summed E-state index contributed by atoms with van der Waals surface area (Å²) in [5.74, 6) is 0. The van der Waals surface area contributed by atoms with E-state index >= 15 is 0 Å². The van der Waals surface area contributed by atoms with Gasteiger partial charge in [0.2, 0.25) is 5.12 Å². The number of thioether (sulfide) groups is 1. The van der Waals surface area contributed by atoms with Crippen molar-refractivity contribution in [3.63, 3.8) is 0 Å². The fourth-order valence-electron chi connectivity index (χ4n) is 2.68. The van der Waals surface area contributed by atoms with Crippen LogP contribution < -0.4 is 5.32 Å². The molecular weight excluding hydrogens is 242 g/mol. The van der Waals surface area contributed by atoms with Crippen LogP contribution in [0, 0.1) is 0 Å². The molecule has 1 saturated carbocycles. The van der Waals surface area contributed by atoms with E-state index in [4.69, 9.17) is 0 Å². The van der Waals surface area contributed by atoms with Crippen molar-refractivity contribution in [3.05, 3.63) is 41.6 Å². The third-order valence-electron chi connectivity index (χ3n) is 3.63. The van der Waals surface area contributed by atoms with Gasteiger partial charge in [0, 0.05) is 11.3 Å². The molecule has 0 spiro atoms. The molecule has 1 aliphatic heterocycles. The molecule has 2 nitrogen and oxygen atoms in total. The first-order valence-electron chi connectivity index (χ1n) is 6.57. The van der Waals surface area contributed by atoms with Gasteiger partial charge < -0.3 is 5.32 Å². The van der Waals surface area contributed by atoms with Gasteiger partial charge in [-0.25, -0.2) is 0 Å². The first-order chi connectivity index (χ1) is 8.83. The molecule has 1 aromatic carbocycles. The highest BCUT2D eigenvalue weighted by Crippen LogP contribution is 2.35. The van der Waals surface area contributed by atoms with E-state index < -0.39 is 0 Å². The van der Waals surface area contributed by atoms with Crippen molar-refractivity contribution in [2.75, 3.05) is 0 Å². The first-order valence-corrected chi connectivity index (χ1v) is 7.45. The van der Waals surface area contributed by atoms with Crippen molar-refractivity contribution in [2.24, 2.45) is 0 Å². The highest BCUT2D eigenvalue weighted by Gasteiger charge is 2.34. The smallest absolute Gasteiger partial charge is 0.235 e. The summed E-state index contributed by atoms with van der Waals surface area (Å²) in [7, 11) is 0. The Morgan fingerprint density at radius 2 is 1.94 bits per heavy atom. The predicted octanol–water partition coefficient (Wildman–Crippen LogP) is 3.20. The molecule has 3 heteroatoms. The summed E-state index contributed by atoms with van der Waals surface area (Å²) >= 11 is 1.53. The van der Waals surface area contributed by atoms with Gasteiger partial charge in [0.1, 0.15) is 0 Å². The zero-order valence-corrected chi connectivity index (χ0v) is 11.1. The van der Waals surface area contributed by atoms with Crippen LogP contribution in [0.4, 0.5) is 0 Å². The van der Waals surface area contributed by atoms with Gasteiger partial charge in [-0.2, -0.15) is 0 Å². The van der Waals surface area contributed by atoms with E-state index in [-0.39, 0.29) is 5.12 Å². The molecule has 2 unspecified atom stereocenters. The second kappa shape index (κ2) is 5.19. The van der Waals surface area contributed by atoms with Gasteiger partial charge in [-0.15, -0.1) is 0 Å². The maximum Gasteiger partial charge on any atom is 0.235 e. The minimum Gasteiger partial charge on any atom is -0.378 e. The summed E-state index contributed by atoms with van der Waals surface area (Å²) in [5, 5.41) is 4.13. The average Bonchev–Trinajstić information content (AvgIpc) is 2.41. The summed E-state index contributed by atoms with van der Waals surface area (Å²) < 4.78 is 0. The molecule has 2 atom stereocenters. The lowest BCUT2D eigenvalue weighted by molar-refractivity contribution is -0.108. The maximum atomic E-state index is 12.1. The largest absolute Gasteiger partial charge is 0.378 e. The van der Waals surface area contributed by atoms with Gasteiger partial charge in [-0.05, 0) is 24.5 Å². The Balaban J connectivity index is 1.80. The van der Waals surface area contributed by atoms with Crippen LogP contribution >= 0.6 is 11.8 Å². The highest BCUT2D eigenvalue weighted by atomic mass is 32.2. The Labute approximate surface area is 112 Å². The van der Waals surface area contributed by atoms with E-state index in [1.54, 1.807) is 0 Å². The SMILES string of the molecule is O=C1SC2CCCCC2N/C1=C/c1ccccc1. The predicted molar refractivity (Wildman–Crippen MR) is 76.2 cm³/mol. The molecule has 0 radical (unpaired) electrons. The number of nitrogens with one attached hydrogen (secondary N) is 1. The molecule has 1 N–H and O–H groups in total. The second-order valence-electron chi connectivity index (χ2n) is 4.95. The van der Waals surface area contributed by atoms with Gasteiger partial charge in [0.05, 0.1) is 5.70 Å². The fourth-order valence-corrected chi connectivity index (χ4v) is 3.85. The lowest BCUT2D eigenvalue weighted by Gasteiger charge is -2.36. The van der Waals surface area contributed by atoms with E-state index in [9.17, 15) is 4.79 Å². The molecule has 0 aromatic heterocycles. The van der Waals surface area contributed by atoms with Crippen molar-refractivity contribution in [1.82, 2.24) is 5.32 Å². The number of benzene rings is 1. The molecule has 3 rings (SSSR count). The maximum absolute atomic E-state index is 12.1. The summed E-state index contributed by atoms with van der Waals surface area (Å²) in [5.41, 5.74) is 1.86. The third-order valence-corrected chi connectivity index (χ3v) is 4.93. The molecule has 1 aliphatic carbocycles. The van der Waals surface area contributed by atoms with E-state index in [0.29, 0.717) is 11.3 Å². The monoisotopic (exact) mass is 259 g/mol. The standard InChI is InChI=1S/C15H17NOS/c17-15-13(10-11-6-2-1-3-7-11)16-12-8-4-5-9-14(12)18-15/h1-3,6-7,10,12,14,16H,4-5,8-9H2/b13-10+. The second-order valence-corrected chi connectivity index (χ2v) is 6.16. The molecule has 94 valence electrons. The van der Waals surface area contributed by atoms with Crippen molar-refractivity contribution in [3.8, 4) is 0 Å². The number of carbonyl (C=O) groups is 1. The molecule has 0 amide bonds. The summed E-state index contributed by atoms with van der Waals surface area (Å²) in [4.78, 5) is 12.1. The quantitative estimate of drug-likeness (QED) is 0.785. The van der Waals surface area contributed by atoms with Gasteiger partial charge in [0.25, 0.3) is 0 Å². The Bertz CT molecular complexity index is 469. The van der Waals surface area contributed by atoms with E-state index in [2.05, 4.69) is 5.32 Å². The van der Waals surface area contributed by atoms with Gasteiger partial charge in [-0.3, -0.25) is 4.79 Å². The van der Waals surface area contributed by atoms with Crippen molar-refractivity contribution in [1.29, 1.82) is 0 Å². The molecular formula is C15H17NOS. The van der Waals surface area contributed by atoms with Gasteiger partial charge in [-0.1, -0.05) is 54.9 Å². The molecule has 18 heavy (non-hydrogen) atoms. The number of fused-ring (bicyclic) bond motifs is 1. The zero-order chi connectivity index (χ0) is 12.4. The van der Waals surface area contributed by atoms with Crippen molar-refractivity contribution >= 4 is 23.0 Å². The lowest BCUT2D eigenvalue weighted by atomic mass is 9.94. The molecule has 0 bridgehead atoms. The topological polar surface area (TPSA) is 29.1 Å². The first kappa shape index (κ1) is 11.8. The fraction of sp³-hybridized carbons (Fsp3) is 0.400. The van der Waals surface area contributed by atoms with Crippen molar-refractivity contribution in [2.45, 2.75) is 37.0 Å². The highest BCUT2D eigenvalue weighted by molar-refractivity contribution is 8.14. The summed E-state index contributed by atoms with van der Waals surface area (Å²) in [6.45, 7) is 0. The van der Waals surface area contributed by atoms with Crippen LogP contribution in [0.2, 0.25) is 0 Å². The normalized spacial score (nSPS) is 29.8. The van der Waals surface area contributed by atoms with Crippen LogP contribution in [0.1, 0.15) is 31.2 Å². The minimum atomic E-state index is 0.196. The van der Waals surface area contributed by atoms with Crippen LogP contribution in [-0.4, -0.2) is 16.4 Å². The number of rotatable bonds is 1. The van der Waals surface area contributed by atoms with Crippen LogP contribution in [-0.2, 0) is 4.79 Å².